The van der Waals surface area contributed by atoms with Crippen LogP contribution in [-0.4, -0.2) is 34.6 Å². The van der Waals surface area contributed by atoms with Crippen LogP contribution in [0.15, 0.2) is 6.33 Å². The van der Waals surface area contributed by atoms with E-state index in [0.717, 1.165) is 12.8 Å². The zero-order chi connectivity index (χ0) is 13.5. The molecule has 1 unspecified atom stereocenters. The van der Waals surface area contributed by atoms with Crippen LogP contribution >= 0.6 is 11.6 Å². The van der Waals surface area contributed by atoms with Crippen molar-refractivity contribution in [1.82, 2.24) is 9.97 Å². The monoisotopic (exact) mass is 274 g/mol. The molecule has 18 heavy (non-hydrogen) atoms. The maximum absolute atomic E-state index is 10.9. The minimum Gasteiger partial charge on any atom is -0.383 e. The number of hydrogen-bond donors (Lipinski definition) is 1. The molecule has 1 aromatic heterocycles. The minimum atomic E-state index is -0.597. The fourth-order valence-corrected chi connectivity index (χ4v) is 1.77. The first-order chi connectivity index (χ1) is 8.60. The van der Waals surface area contributed by atoms with Gasteiger partial charge in [-0.25, -0.2) is 9.97 Å². The Morgan fingerprint density at radius 3 is 2.89 bits per heavy atom. The molecule has 0 bridgehead atoms. The van der Waals surface area contributed by atoms with E-state index in [9.17, 15) is 10.1 Å². The summed E-state index contributed by atoms with van der Waals surface area (Å²) < 4.78 is 5.05. The molecule has 1 atom stereocenters. The number of methoxy groups -OCH3 is 1. The van der Waals surface area contributed by atoms with Gasteiger partial charge in [-0.2, -0.15) is 0 Å². The van der Waals surface area contributed by atoms with Crippen molar-refractivity contribution in [1.29, 1.82) is 0 Å². The van der Waals surface area contributed by atoms with Crippen LogP contribution in [0, 0.1) is 10.1 Å². The lowest BCUT2D eigenvalue weighted by atomic mass is 10.2. The Kier molecular flexibility index (Phi) is 5.73. The van der Waals surface area contributed by atoms with E-state index in [0.29, 0.717) is 6.61 Å². The maximum atomic E-state index is 10.9. The Hall–Kier alpha value is -1.47. The van der Waals surface area contributed by atoms with Crippen LogP contribution in [0.1, 0.15) is 19.8 Å². The highest BCUT2D eigenvalue weighted by molar-refractivity contribution is 6.31. The normalized spacial score (nSPS) is 12.2. The van der Waals surface area contributed by atoms with Gasteiger partial charge in [0.2, 0.25) is 11.0 Å². The summed E-state index contributed by atoms with van der Waals surface area (Å²) in [5.41, 5.74) is -0.309. The third kappa shape index (κ3) is 3.78. The van der Waals surface area contributed by atoms with E-state index in [1.807, 2.05) is 6.92 Å². The van der Waals surface area contributed by atoms with Crippen molar-refractivity contribution in [3.8, 4) is 0 Å². The number of nitrogens with one attached hydrogen (secondary N) is 1. The maximum Gasteiger partial charge on any atom is 0.348 e. The molecule has 0 amide bonds. The van der Waals surface area contributed by atoms with Crippen LogP contribution in [0.5, 0.6) is 0 Å². The number of rotatable bonds is 7. The molecule has 1 N–H and O–H groups in total. The van der Waals surface area contributed by atoms with Crippen molar-refractivity contribution < 1.29 is 9.66 Å². The van der Waals surface area contributed by atoms with Crippen molar-refractivity contribution >= 4 is 23.1 Å². The summed E-state index contributed by atoms with van der Waals surface area (Å²) in [4.78, 5) is 17.8. The molecule has 0 aliphatic rings. The summed E-state index contributed by atoms with van der Waals surface area (Å²) in [5, 5.41) is 13.7. The zero-order valence-electron chi connectivity index (χ0n) is 10.2. The van der Waals surface area contributed by atoms with Gasteiger partial charge in [0.05, 0.1) is 17.6 Å². The molecule has 100 valence electrons. The summed E-state index contributed by atoms with van der Waals surface area (Å²) in [7, 11) is 1.58. The van der Waals surface area contributed by atoms with Gasteiger partial charge in [-0.15, -0.1) is 0 Å². The highest BCUT2D eigenvalue weighted by Gasteiger charge is 2.23. The Balaban J connectivity index is 2.94. The first-order valence-corrected chi connectivity index (χ1v) is 5.88. The predicted molar refractivity (Wildman–Crippen MR) is 67.9 cm³/mol. The lowest BCUT2D eigenvalue weighted by Gasteiger charge is -2.17. The molecule has 0 aromatic carbocycles. The predicted octanol–water partition coefficient (Wildman–Crippen LogP) is 2.27. The van der Waals surface area contributed by atoms with Gasteiger partial charge in [-0.1, -0.05) is 24.9 Å². The van der Waals surface area contributed by atoms with Crippen molar-refractivity contribution in [3.63, 3.8) is 0 Å². The topological polar surface area (TPSA) is 90.2 Å². The van der Waals surface area contributed by atoms with Crippen LogP contribution in [0.25, 0.3) is 0 Å². The molecule has 0 saturated carbocycles. The molecule has 1 aromatic rings. The Bertz CT molecular complexity index is 410. The summed E-state index contributed by atoms with van der Waals surface area (Å²) in [5.74, 6) is 0.121. The third-order valence-corrected chi connectivity index (χ3v) is 2.58. The molecule has 8 heteroatoms. The molecule has 0 aliphatic carbocycles. The Morgan fingerprint density at radius 2 is 2.33 bits per heavy atom. The van der Waals surface area contributed by atoms with E-state index in [1.165, 1.54) is 6.33 Å². The molecule has 0 fully saturated rings. The highest BCUT2D eigenvalue weighted by Crippen LogP contribution is 2.29. The second kappa shape index (κ2) is 7.07. The highest BCUT2D eigenvalue weighted by atomic mass is 35.5. The Morgan fingerprint density at radius 1 is 1.61 bits per heavy atom. The van der Waals surface area contributed by atoms with Gasteiger partial charge in [0.15, 0.2) is 0 Å². The third-order valence-electron chi connectivity index (χ3n) is 2.31. The van der Waals surface area contributed by atoms with Gasteiger partial charge < -0.3 is 10.1 Å². The molecule has 0 aliphatic heterocycles. The van der Waals surface area contributed by atoms with E-state index in [2.05, 4.69) is 15.3 Å². The first-order valence-electron chi connectivity index (χ1n) is 5.50. The number of nitrogens with zero attached hydrogens (tertiary/aromatic N) is 3. The Labute approximate surface area is 110 Å². The van der Waals surface area contributed by atoms with Crippen molar-refractivity contribution in [3.05, 3.63) is 21.6 Å². The van der Waals surface area contributed by atoms with Crippen LogP contribution in [-0.2, 0) is 4.74 Å². The van der Waals surface area contributed by atoms with E-state index in [4.69, 9.17) is 16.3 Å². The number of ether oxygens (including phenoxy) is 1. The number of nitro groups is 1. The van der Waals surface area contributed by atoms with Gasteiger partial charge in [0, 0.05) is 7.11 Å². The average Bonchev–Trinajstić information content (AvgIpc) is 2.29. The number of halogens is 1. The van der Waals surface area contributed by atoms with E-state index >= 15 is 0 Å². The zero-order valence-corrected chi connectivity index (χ0v) is 11.0. The van der Waals surface area contributed by atoms with Crippen LogP contribution in [0.2, 0.25) is 5.15 Å². The molecule has 1 heterocycles. The van der Waals surface area contributed by atoms with Gasteiger partial charge in [-0.05, 0) is 6.42 Å². The number of anilines is 1. The lowest BCUT2D eigenvalue weighted by molar-refractivity contribution is -0.384. The van der Waals surface area contributed by atoms with Gasteiger partial charge in [0.1, 0.15) is 6.33 Å². The fraction of sp³-hybridized carbons (Fsp3) is 0.600. The first kappa shape index (κ1) is 14.6. The van der Waals surface area contributed by atoms with Crippen LogP contribution in [0.3, 0.4) is 0 Å². The molecule has 0 spiro atoms. The summed E-state index contributed by atoms with van der Waals surface area (Å²) in [6.45, 7) is 2.46. The number of hydrogen-bond acceptors (Lipinski definition) is 6. The standard InChI is InChI=1S/C10H15ClN4O3/c1-3-4-7(5-18-2)14-10-8(15(16)17)9(11)12-6-13-10/h6-7H,3-5H2,1-2H3,(H,12,13,14). The molecule has 1 rings (SSSR count). The van der Waals surface area contributed by atoms with E-state index in [1.54, 1.807) is 7.11 Å². The molecular formula is C10H15ClN4O3. The van der Waals surface area contributed by atoms with Gasteiger partial charge in [0.25, 0.3) is 0 Å². The van der Waals surface area contributed by atoms with Gasteiger partial charge in [-0.3, -0.25) is 10.1 Å². The second-order valence-electron chi connectivity index (χ2n) is 3.70. The largest absolute Gasteiger partial charge is 0.383 e. The fourth-order valence-electron chi connectivity index (χ4n) is 1.56. The second-order valence-corrected chi connectivity index (χ2v) is 4.06. The smallest absolute Gasteiger partial charge is 0.348 e. The van der Waals surface area contributed by atoms with Crippen LogP contribution in [0.4, 0.5) is 11.5 Å². The molecule has 0 saturated heterocycles. The molecule has 0 radical (unpaired) electrons. The number of aromatic nitrogens is 2. The molecule has 7 nitrogen and oxygen atoms in total. The van der Waals surface area contributed by atoms with E-state index in [-0.39, 0.29) is 22.7 Å². The summed E-state index contributed by atoms with van der Waals surface area (Å²) in [6.07, 6.45) is 2.92. The van der Waals surface area contributed by atoms with Crippen molar-refractivity contribution in [2.75, 3.05) is 19.0 Å². The van der Waals surface area contributed by atoms with Crippen LogP contribution < -0.4 is 5.32 Å². The average molecular weight is 275 g/mol. The van der Waals surface area contributed by atoms with Gasteiger partial charge >= 0.3 is 5.69 Å². The van der Waals surface area contributed by atoms with E-state index < -0.39 is 4.92 Å². The van der Waals surface area contributed by atoms with Crippen molar-refractivity contribution in [2.24, 2.45) is 0 Å². The quantitative estimate of drug-likeness (QED) is 0.466. The SMILES string of the molecule is CCCC(COC)Nc1ncnc(Cl)c1[N+](=O)[O-]. The summed E-state index contributed by atoms with van der Waals surface area (Å²) >= 11 is 5.70. The molecular weight excluding hydrogens is 260 g/mol. The lowest BCUT2D eigenvalue weighted by Crippen LogP contribution is -2.25. The van der Waals surface area contributed by atoms with Crippen molar-refractivity contribution in [2.45, 2.75) is 25.8 Å². The minimum absolute atomic E-state index is 0.0512. The summed E-state index contributed by atoms with van der Waals surface area (Å²) in [6, 6.07) is -0.0512.